The molecule has 1 amide bonds. The molecular weight excluding hydrogens is 391 g/mol. The highest BCUT2D eigenvalue weighted by Gasteiger charge is 2.28. The van der Waals surface area contributed by atoms with Crippen LogP contribution in [0.15, 0.2) is 77.7 Å². The van der Waals surface area contributed by atoms with Crippen LogP contribution in [0.3, 0.4) is 0 Å². The van der Waals surface area contributed by atoms with Gasteiger partial charge in [0.25, 0.3) is 10.0 Å². The molecule has 0 aliphatic carbocycles. The average Bonchev–Trinajstić information content (AvgIpc) is 2.69. The van der Waals surface area contributed by atoms with E-state index >= 15 is 0 Å². The third kappa shape index (κ3) is 4.63. The molecule has 150 valence electrons. The van der Waals surface area contributed by atoms with Gasteiger partial charge < -0.3 is 5.32 Å². The topological polar surface area (TPSA) is 66.5 Å². The Morgan fingerprint density at radius 1 is 0.931 bits per heavy atom. The Labute approximate surface area is 169 Å². The molecule has 0 heterocycles. The molecule has 29 heavy (non-hydrogen) atoms. The van der Waals surface area contributed by atoms with Crippen molar-refractivity contribution in [1.29, 1.82) is 0 Å². The number of anilines is 2. The maximum Gasteiger partial charge on any atom is 0.264 e. The van der Waals surface area contributed by atoms with Crippen LogP contribution < -0.4 is 9.62 Å². The predicted octanol–water partition coefficient (Wildman–Crippen LogP) is 4.28. The molecule has 3 aromatic carbocycles. The zero-order chi connectivity index (χ0) is 21.0. The smallest absolute Gasteiger partial charge is 0.264 e. The first kappa shape index (κ1) is 20.5. The van der Waals surface area contributed by atoms with Crippen LogP contribution in [0.1, 0.15) is 11.1 Å². The Morgan fingerprint density at radius 3 is 2.21 bits per heavy atom. The SMILES string of the molecule is Cc1ccc(S(=O)(=O)N(CC(=O)Nc2ccccc2F)c2ccccc2C)cc1. The molecule has 0 bridgehead atoms. The molecule has 0 unspecified atom stereocenters. The molecule has 5 nitrogen and oxygen atoms in total. The van der Waals surface area contributed by atoms with Crippen LogP contribution in [0.5, 0.6) is 0 Å². The van der Waals surface area contributed by atoms with E-state index in [1.807, 2.05) is 6.92 Å². The second-order valence-electron chi connectivity index (χ2n) is 6.64. The second-order valence-corrected chi connectivity index (χ2v) is 8.50. The van der Waals surface area contributed by atoms with Gasteiger partial charge in [0.2, 0.25) is 5.91 Å². The van der Waals surface area contributed by atoms with E-state index in [1.165, 1.54) is 30.3 Å². The maximum atomic E-state index is 13.9. The lowest BCUT2D eigenvalue weighted by Crippen LogP contribution is -2.38. The Hall–Kier alpha value is -3.19. The van der Waals surface area contributed by atoms with E-state index < -0.39 is 28.3 Å². The summed E-state index contributed by atoms with van der Waals surface area (Å²) >= 11 is 0. The monoisotopic (exact) mass is 412 g/mol. The molecule has 0 aliphatic heterocycles. The zero-order valence-electron chi connectivity index (χ0n) is 16.1. The van der Waals surface area contributed by atoms with Gasteiger partial charge in [-0.15, -0.1) is 0 Å². The van der Waals surface area contributed by atoms with Crippen LogP contribution >= 0.6 is 0 Å². The number of halogens is 1. The van der Waals surface area contributed by atoms with Gasteiger partial charge in [-0.25, -0.2) is 12.8 Å². The van der Waals surface area contributed by atoms with Gasteiger partial charge in [0, 0.05) is 0 Å². The minimum absolute atomic E-state index is 0.00466. The third-order valence-corrected chi connectivity index (χ3v) is 6.20. The molecule has 0 radical (unpaired) electrons. The van der Waals surface area contributed by atoms with Crippen molar-refractivity contribution in [3.63, 3.8) is 0 Å². The Balaban J connectivity index is 1.98. The largest absolute Gasteiger partial charge is 0.322 e. The summed E-state index contributed by atoms with van der Waals surface area (Å²) in [5, 5.41) is 2.44. The number of sulfonamides is 1. The van der Waals surface area contributed by atoms with E-state index in [-0.39, 0.29) is 10.6 Å². The predicted molar refractivity (Wildman–Crippen MR) is 112 cm³/mol. The molecule has 0 atom stereocenters. The Morgan fingerprint density at radius 2 is 1.55 bits per heavy atom. The highest BCUT2D eigenvalue weighted by molar-refractivity contribution is 7.92. The number of amides is 1. The molecule has 3 aromatic rings. The van der Waals surface area contributed by atoms with E-state index in [2.05, 4.69) is 5.32 Å². The fraction of sp³-hybridized carbons (Fsp3) is 0.136. The van der Waals surface area contributed by atoms with Gasteiger partial charge in [0.1, 0.15) is 12.4 Å². The van der Waals surface area contributed by atoms with Crippen molar-refractivity contribution in [3.8, 4) is 0 Å². The normalized spacial score (nSPS) is 11.1. The van der Waals surface area contributed by atoms with Crippen molar-refractivity contribution in [1.82, 2.24) is 0 Å². The molecule has 0 spiro atoms. The van der Waals surface area contributed by atoms with E-state index in [4.69, 9.17) is 0 Å². The van der Waals surface area contributed by atoms with Gasteiger partial charge >= 0.3 is 0 Å². The van der Waals surface area contributed by atoms with Crippen molar-refractivity contribution in [2.24, 2.45) is 0 Å². The number of nitrogens with one attached hydrogen (secondary N) is 1. The summed E-state index contributed by atoms with van der Waals surface area (Å²) in [5.74, 6) is -1.24. The number of rotatable bonds is 6. The summed E-state index contributed by atoms with van der Waals surface area (Å²) in [6, 6.07) is 19.0. The number of aryl methyl sites for hydroxylation is 2. The maximum absolute atomic E-state index is 13.9. The molecule has 0 saturated heterocycles. The lowest BCUT2D eigenvalue weighted by Gasteiger charge is -2.25. The van der Waals surface area contributed by atoms with Crippen molar-refractivity contribution < 1.29 is 17.6 Å². The lowest BCUT2D eigenvalue weighted by molar-refractivity contribution is -0.114. The number of para-hydroxylation sites is 2. The minimum atomic E-state index is -4.01. The van der Waals surface area contributed by atoms with Crippen LogP contribution in [0, 0.1) is 19.7 Å². The van der Waals surface area contributed by atoms with Crippen molar-refractivity contribution in [2.45, 2.75) is 18.7 Å². The zero-order valence-corrected chi connectivity index (χ0v) is 16.9. The first-order valence-corrected chi connectivity index (χ1v) is 10.4. The summed E-state index contributed by atoms with van der Waals surface area (Å²) in [6.45, 7) is 3.13. The van der Waals surface area contributed by atoms with Crippen molar-refractivity contribution in [3.05, 3.63) is 89.7 Å². The van der Waals surface area contributed by atoms with E-state index in [1.54, 1.807) is 49.4 Å². The fourth-order valence-electron chi connectivity index (χ4n) is 2.86. The van der Waals surface area contributed by atoms with Crippen LogP contribution in [0.25, 0.3) is 0 Å². The van der Waals surface area contributed by atoms with Crippen LogP contribution in [0.2, 0.25) is 0 Å². The number of hydrogen-bond acceptors (Lipinski definition) is 3. The van der Waals surface area contributed by atoms with Crippen molar-refractivity contribution >= 4 is 27.3 Å². The van der Waals surface area contributed by atoms with Gasteiger partial charge in [0.15, 0.2) is 0 Å². The highest BCUT2D eigenvalue weighted by Crippen LogP contribution is 2.27. The Kier molecular flexibility index (Phi) is 5.98. The third-order valence-electron chi connectivity index (χ3n) is 4.43. The van der Waals surface area contributed by atoms with Crippen LogP contribution in [0.4, 0.5) is 15.8 Å². The summed E-state index contributed by atoms with van der Waals surface area (Å²) in [4.78, 5) is 12.7. The molecule has 7 heteroatoms. The average molecular weight is 412 g/mol. The quantitative estimate of drug-likeness (QED) is 0.657. The van der Waals surface area contributed by atoms with E-state index in [9.17, 15) is 17.6 Å². The van der Waals surface area contributed by atoms with Gasteiger partial charge in [-0.2, -0.15) is 0 Å². The number of nitrogens with zero attached hydrogens (tertiary/aromatic N) is 1. The highest BCUT2D eigenvalue weighted by atomic mass is 32.2. The number of benzene rings is 3. The summed E-state index contributed by atoms with van der Waals surface area (Å²) < 4.78 is 41.6. The molecular formula is C22H21FN2O3S. The molecule has 3 rings (SSSR count). The van der Waals surface area contributed by atoms with Gasteiger partial charge in [0.05, 0.1) is 16.3 Å². The first-order chi connectivity index (χ1) is 13.8. The lowest BCUT2D eigenvalue weighted by atomic mass is 10.2. The molecule has 0 aromatic heterocycles. The number of carbonyl (C=O) groups excluding carboxylic acids is 1. The molecule has 1 N–H and O–H groups in total. The molecule has 0 aliphatic rings. The van der Waals surface area contributed by atoms with E-state index in [0.29, 0.717) is 11.3 Å². The minimum Gasteiger partial charge on any atom is -0.322 e. The van der Waals surface area contributed by atoms with Gasteiger partial charge in [-0.05, 0) is 49.7 Å². The standard InChI is InChI=1S/C22H21FN2O3S/c1-16-11-13-18(14-12-16)29(27,28)25(21-10-6-3-7-17(21)2)15-22(26)24-20-9-5-4-8-19(20)23/h3-14H,15H2,1-2H3,(H,24,26). The Bertz CT molecular complexity index is 1130. The molecule has 0 fully saturated rings. The number of hydrogen-bond donors (Lipinski definition) is 1. The van der Waals surface area contributed by atoms with Crippen LogP contribution in [-0.2, 0) is 14.8 Å². The van der Waals surface area contributed by atoms with Crippen LogP contribution in [-0.4, -0.2) is 20.9 Å². The second kappa shape index (κ2) is 8.45. The number of carbonyl (C=O) groups is 1. The summed E-state index contributed by atoms with van der Waals surface area (Å²) in [5.41, 5.74) is 2.00. The summed E-state index contributed by atoms with van der Waals surface area (Å²) in [7, 11) is -4.01. The van der Waals surface area contributed by atoms with Crippen molar-refractivity contribution in [2.75, 3.05) is 16.2 Å². The fourth-order valence-corrected chi connectivity index (χ4v) is 4.35. The van der Waals surface area contributed by atoms with Gasteiger partial charge in [-0.1, -0.05) is 48.0 Å². The van der Waals surface area contributed by atoms with Gasteiger partial charge in [-0.3, -0.25) is 9.10 Å². The van der Waals surface area contributed by atoms with E-state index in [0.717, 1.165) is 9.87 Å². The molecule has 0 saturated carbocycles. The first-order valence-electron chi connectivity index (χ1n) is 8.98. The summed E-state index contributed by atoms with van der Waals surface area (Å²) in [6.07, 6.45) is 0.